The van der Waals surface area contributed by atoms with E-state index in [4.69, 9.17) is 9.97 Å². The molecule has 6 aromatic carbocycles. The van der Waals surface area contributed by atoms with Crippen LogP contribution in [0, 0.1) is 0 Å². The van der Waals surface area contributed by atoms with Gasteiger partial charge in [-0.3, -0.25) is 4.98 Å². The molecule has 0 aliphatic rings. The molecule has 3 aromatic heterocycles. The van der Waals surface area contributed by atoms with Gasteiger partial charge in [-0.1, -0.05) is 109 Å². The van der Waals surface area contributed by atoms with Gasteiger partial charge in [0.2, 0.25) is 0 Å². The molecule has 0 bridgehead atoms. The summed E-state index contributed by atoms with van der Waals surface area (Å²) in [5.74, 6) is 0.680. The lowest BCUT2D eigenvalue weighted by Gasteiger charge is -2.15. The third-order valence-electron chi connectivity index (χ3n) is 8.98. The van der Waals surface area contributed by atoms with E-state index in [1.54, 1.807) is 6.20 Å². The Balaban J connectivity index is 1.29. The van der Waals surface area contributed by atoms with Crippen molar-refractivity contribution in [1.82, 2.24) is 15.0 Å². The summed E-state index contributed by atoms with van der Waals surface area (Å²) in [6.07, 6.45) is 3.65. The number of nitrogens with zero attached hydrogens (tertiary/aromatic N) is 3. The van der Waals surface area contributed by atoms with Crippen molar-refractivity contribution in [1.29, 1.82) is 0 Å². The highest BCUT2D eigenvalue weighted by Gasteiger charge is 2.16. The number of hydrogen-bond donors (Lipinski definition) is 0. The van der Waals surface area contributed by atoms with Gasteiger partial charge in [0.1, 0.15) is 0 Å². The molecule has 0 unspecified atom stereocenters. The Kier molecular flexibility index (Phi) is 7.34. The molecule has 0 atom stereocenters. The molecular weight excluding hydrogens is 615 g/mol. The lowest BCUT2D eigenvalue weighted by molar-refractivity contribution is 1.18. The number of thiophene rings is 1. The zero-order valence-corrected chi connectivity index (χ0v) is 27.3. The minimum absolute atomic E-state index is 0.680. The van der Waals surface area contributed by atoms with Crippen LogP contribution in [0.5, 0.6) is 0 Å². The van der Waals surface area contributed by atoms with Crippen molar-refractivity contribution in [2.24, 2.45) is 0 Å². The van der Waals surface area contributed by atoms with Crippen LogP contribution in [-0.4, -0.2) is 15.0 Å². The predicted molar refractivity (Wildman–Crippen MR) is 205 cm³/mol. The highest BCUT2D eigenvalue weighted by molar-refractivity contribution is 7.25. The highest BCUT2D eigenvalue weighted by Crippen LogP contribution is 2.40. The van der Waals surface area contributed by atoms with E-state index < -0.39 is 0 Å². The molecule has 0 spiro atoms. The van der Waals surface area contributed by atoms with Gasteiger partial charge in [0.25, 0.3) is 0 Å². The molecule has 3 nitrogen and oxygen atoms in total. The largest absolute Gasteiger partial charge is 0.264 e. The van der Waals surface area contributed by atoms with Crippen LogP contribution in [-0.2, 0) is 0 Å². The highest BCUT2D eigenvalue weighted by atomic mass is 32.1. The zero-order chi connectivity index (χ0) is 32.6. The molecule has 4 heteroatoms. The van der Waals surface area contributed by atoms with Crippen LogP contribution in [0.25, 0.3) is 87.5 Å². The average Bonchev–Trinajstić information content (AvgIpc) is 3.57. The molecule has 0 radical (unpaired) electrons. The Morgan fingerprint density at radius 1 is 0.367 bits per heavy atom. The summed E-state index contributed by atoms with van der Waals surface area (Å²) in [5.41, 5.74) is 11.6. The second-order valence-electron chi connectivity index (χ2n) is 12.1. The molecule has 0 N–H and O–H groups in total. The molecule has 0 amide bonds. The molecule has 230 valence electrons. The Morgan fingerprint density at radius 3 is 1.76 bits per heavy atom. The van der Waals surface area contributed by atoms with Gasteiger partial charge < -0.3 is 0 Å². The first-order chi connectivity index (χ1) is 24.3. The van der Waals surface area contributed by atoms with Gasteiger partial charge in [0.05, 0.1) is 11.4 Å². The molecule has 0 fully saturated rings. The monoisotopic (exact) mass is 643 g/mol. The van der Waals surface area contributed by atoms with Gasteiger partial charge in [-0.2, -0.15) is 0 Å². The summed E-state index contributed by atoms with van der Waals surface area (Å²) in [6, 6.07) is 57.9. The molecule has 9 aromatic rings. The summed E-state index contributed by atoms with van der Waals surface area (Å²) >= 11 is 1.84. The molecule has 0 saturated carbocycles. The van der Waals surface area contributed by atoms with E-state index in [1.165, 1.54) is 42.4 Å². The van der Waals surface area contributed by atoms with E-state index in [0.717, 1.165) is 39.2 Å². The Bertz CT molecular complexity index is 2540. The third-order valence-corrected chi connectivity index (χ3v) is 10.1. The van der Waals surface area contributed by atoms with Gasteiger partial charge in [-0.05, 0) is 88.0 Å². The Morgan fingerprint density at radius 2 is 0.980 bits per heavy atom. The number of rotatable bonds is 6. The summed E-state index contributed by atoms with van der Waals surface area (Å²) in [6.45, 7) is 0. The molecule has 49 heavy (non-hydrogen) atoms. The van der Waals surface area contributed by atoms with Crippen LogP contribution < -0.4 is 0 Å². The van der Waals surface area contributed by atoms with Gasteiger partial charge in [0.15, 0.2) is 5.82 Å². The van der Waals surface area contributed by atoms with E-state index >= 15 is 0 Å². The van der Waals surface area contributed by atoms with Crippen LogP contribution in [0.1, 0.15) is 0 Å². The van der Waals surface area contributed by atoms with Crippen molar-refractivity contribution in [3.63, 3.8) is 0 Å². The van der Waals surface area contributed by atoms with Crippen LogP contribution in [0.3, 0.4) is 0 Å². The number of hydrogen-bond acceptors (Lipinski definition) is 4. The van der Waals surface area contributed by atoms with Gasteiger partial charge in [-0.25, -0.2) is 9.97 Å². The first-order valence-corrected chi connectivity index (χ1v) is 17.2. The maximum atomic E-state index is 5.20. The zero-order valence-electron chi connectivity index (χ0n) is 26.5. The second kappa shape index (κ2) is 12.4. The maximum Gasteiger partial charge on any atom is 0.160 e. The van der Waals surface area contributed by atoms with Crippen molar-refractivity contribution < 1.29 is 0 Å². The molecule has 9 rings (SSSR count). The van der Waals surface area contributed by atoms with E-state index in [2.05, 4.69) is 138 Å². The summed E-state index contributed by atoms with van der Waals surface area (Å²) in [5, 5.41) is 2.57. The minimum Gasteiger partial charge on any atom is -0.264 e. The van der Waals surface area contributed by atoms with E-state index in [-0.39, 0.29) is 0 Å². The van der Waals surface area contributed by atoms with E-state index in [0.29, 0.717) is 5.82 Å². The number of fused-ring (bicyclic) bond motifs is 3. The molecule has 0 saturated heterocycles. The maximum absolute atomic E-state index is 5.20. The standard InChI is InChI=1S/C45H29N3S/c1-3-12-30(13-4-1)37-17-7-8-18-38(37)35-24-34(32-21-22-44-40(27-32)39-19-9-10-20-43(39)49-44)25-36(26-35)42-28-41(33-16-11-23-46-29-33)47-45(48-42)31-14-5-2-6-15-31/h1-29H. The lowest BCUT2D eigenvalue weighted by Crippen LogP contribution is -1.97. The molecular formula is C45H29N3S. The number of pyridine rings is 1. The number of aromatic nitrogens is 3. The van der Waals surface area contributed by atoms with Crippen molar-refractivity contribution >= 4 is 31.5 Å². The SMILES string of the molecule is c1ccc(-c2nc(-c3cccnc3)cc(-c3cc(-c4ccc5sc6ccccc6c5c4)cc(-c4ccccc4-c4ccccc4)c3)n2)cc1. The first kappa shape index (κ1) is 29.0. The van der Waals surface area contributed by atoms with Crippen molar-refractivity contribution in [3.8, 4) is 67.3 Å². The number of benzene rings is 6. The van der Waals surface area contributed by atoms with Gasteiger partial charge >= 0.3 is 0 Å². The fourth-order valence-corrected chi connectivity index (χ4v) is 7.67. The fraction of sp³-hybridized carbons (Fsp3) is 0. The van der Waals surface area contributed by atoms with E-state index in [1.807, 2.05) is 47.9 Å². The summed E-state index contributed by atoms with van der Waals surface area (Å²) in [4.78, 5) is 14.6. The molecule has 3 heterocycles. The Hall–Kier alpha value is -6.23. The smallest absolute Gasteiger partial charge is 0.160 e. The normalized spacial score (nSPS) is 11.3. The molecule has 0 aliphatic heterocycles. The summed E-state index contributed by atoms with van der Waals surface area (Å²) in [7, 11) is 0. The topological polar surface area (TPSA) is 38.7 Å². The summed E-state index contributed by atoms with van der Waals surface area (Å²) < 4.78 is 2.60. The van der Waals surface area contributed by atoms with Gasteiger partial charge in [0, 0.05) is 49.3 Å². The second-order valence-corrected chi connectivity index (χ2v) is 13.2. The third kappa shape index (κ3) is 5.58. The van der Waals surface area contributed by atoms with Crippen LogP contribution in [0.2, 0.25) is 0 Å². The average molecular weight is 644 g/mol. The van der Waals surface area contributed by atoms with Crippen LogP contribution in [0.15, 0.2) is 176 Å². The van der Waals surface area contributed by atoms with Crippen molar-refractivity contribution in [2.75, 3.05) is 0 Å². The Labute approximate surface area is 288 Å². The fourth-order valence-electron chi connectivity index (χ4n) is 6.58. The minimum atomic E-state index is 0.680. The van der Waals surface area contributed by atoms with Crippen molar-refractivity contribution in [2.45, 2.75) is 0 Å². The van der Waals surface area contributed by atoms with Crippen LogP contribution in [0.4, 0.5) is 0 Å². The van der Waals surface area contributed by atoms with Crippen molar-refractivity contribution in [3.05, 3.63) is 176 Å². The quantitative estimate of drug-likeness (QED) is 0.181. The first-order valence-electron chi connectivity index (χ1n) is 16.3. The lowest BCUT2D eigenvalue weighted by atomic mass is 9.90. The van der Waals surface area contributed by atoms with Crippen LogP contribution >= 0.6 is 11.3 Å². The predicted octanol–water partition coefficient (Wildman–Crippen LogP) is 12.2. The van der Waals surface area contributed by atoms with Gasteiger partial charge in [-0.15, -0.1) is 11.3 Å². The van der Waals surface area contributed by atoms with E-state index in [9.17, 15) is 0 Å². The molecule has 0 aliphatic carbocycles.